The highest BCUT2D eigenvalue weighted by Crippen LogP contribution is 2.29. The van der Waals surface area contributed by atoms with Crippen LogP contribution >= 0.6 is 11.6 Å². The van der Waals surface area contributed by atoms with Crippen LogP contribution in [0.25, 0.3) is 0 Å². The highest BCUT2D eigenvalue weighted by Gasteiger charge is 2.31. The van der Waals surface area contributed by atoms with E-state index in [1.807, 2.05) is 6.92 Å². The van der Waals surface area contributed by atoms with Crippen molar-refractivity contribution in [1.82, 2.24) is 9.62 Å². The molecule has 9 nitrogen and oxygen atoms in total. The molecule has 1 unspecified atom stereocenters. The Morgan fingerprint density at radius 3 is 2.70 bits per heavy atom. The summed E-state index contributed by atoms with van der Waals surface area (Å²) in [6.45, 7) is 1.98. The molecule has 27 heavy (non-hydrogen) atoms. The first kappa shape index (κ1) is 21.1. The number of amides is 3. The number of esters is 1. The van der Waals surface area contributed by atoms with Crippen LogP contribution in [0.5, 0.6) is 0 Å². The maximum Gasteiger partial charge on any atom is 0.338 e. The van der Waals surface area contributed by atoms with Crippen molar-refractivity contribution in [3.05, 3.63) is 28.8 Å². The number of imide groups is 1. The van der Waals surface area contributed by atoms with Crippen LogP contribution in [-0.2, 0) is 19.6 Å². The number of piperidine rings is 1. The number of rotatable bonds is 5. The SMILES string of the molecule is CC1CCCN(S(=O)(=O)c2cc(C(=O)OCC(=O)NC(N)=O)ccc2Cl)C1. The third-order valence-corrected chi connectivity index (χ3v) is 6.35. The van der Waals surface area contributed by atoms with Gasteiger partial charge in [-0.3, -0.25) is 10.1 Å². The maximum atomic E-state index is 12.9. The summed E-state index contributed by atoms with van der Waals surface area (Å²) in [7, 11) is -3.88. The van der Waals surface area contributed by atoms with Crippen molar-refractivity contribution in [1.29, 1.82) is 0 Å². The molecule has 1 heterocycles. The van der Waals surface area contributed by atoms with Gasteiger partial charge in [0.15, 0.2) is 6.61 Å². The van der Waals surface area contributed by atoms with Crippen LogP contribution in [0, 0.1) is 5.92 Å². The molecule has 3 amide bonds. The molecule has 1 aromatic carbocycles. The van der Waals surface area contributed by atoms with Crippen molar-refractivity contribution in [2.24, 2.45) is 11.7 Å². The fraction of sp³-hybridized carbons (Fsp3) is 0.438. The van der Waals surface area contributed by atoms with Gasteiger partial charge in [0.2, 0.25) is 10.0 Å². The normalized spacial score (nSPS) is 17.9. The topological polar surface area (TPSA) is 136 Å². The van der Waals surface area contributed by atoms with Gasteiger partial charge in [0.1, 0.15) is 4.90 Å². The molecule has 1 fully saturated rings. The summed E-state index contributed by atoms with van der Waals surface area (Å²) in [4.78, 5) is 33.7. The number of halogens is 1. The predicted molar refractivity (Wildman–Crippen MR) is 96.6 cm³/mol. The lowest BCUT2D eigenvalue weighted by Gasteiger charge is -2.30. The lowest BCUT2D eigenvalue weighted by Crippen LogP contribution is -2.39. The predicted octanol–water partition coefficient (Wildman–Crippen LogP) is 1.11. The van der Waals surface area contributed by atoms with E-state index in [9.17, 15) is 22.8 Å². The summed E-state index contributed by atoms with van der Waals surface area (Å²) in [5.41, 5.74) is 4.69. The van der Waals surface area contributed by atoms with E-state index in [1.54, 1.807) is 5.32 Å². The van der Waals surface area contributed by atoms with Gasteiger partial charge in [0.05, 0.1) is 10.6 Å². The molecular formula is C16H20ClN3O6S. The van der Waals surface area contributed by atoms with Crippen molar-refractivity contribution in [3.63, 3.8) is 0 Å². The van der Waals surface area contributed by atoms with E-state index < -0.39 is 34.5 Å². The third-order valence-electron chi connectivity index (χ3n) is 4.00. The largest absolute Gasteiger partial charge is 0.452 e. The summed E-state index contributed by atoms with van der Waals surface area (Å²) in [6.07, 6.45) is 1.69. The first-order chi connectivity index (χ1) is 12.6. The monoisotopic (exact) mass is 417 g/mol. The number of hydrogen-bond donors (Lipinski definition) is 2. The Morgan fingerprint density at radius 2 is 2.07 bits per heavy atom. The number of urea groups is 1. The Hall–Kier alpha value is -2.17. The molecule has 1 aliphatic rings. The number of nitrogens with zero attached hydrogens (tertiary/aromatic N) is 1. The second kappa shape index (κ2) is 8.68. The van der Waals surface area contributed by atoms with Gasteiger partial charge in [-0.05, 0) is 37.0 Å². The number of sulfonamides is 1. The molecule has 1 atom stereocenters. The van der Waals surface area contributed by atoms with Crippen LogP contribution in [0.4, 0.5) is 4.79 Å². The lowest BCUT2D eigenvalue weighted by atomic mass is 10.0. The zero-order valence-electron chi connectivity index (χ0n) is 14.6. The molecule has 1 saturated heterocycles. The van der Waals surface area contributed by atoms with Crippen LogP contribution in [-0.4, -0.2) is 50.3 Å². The quantitative estimate of drug-likeness (QED) is 0.689. The first-order valence-corrected chi connectivity index (χ1v) is 9.99. The highest BCUT2D eigenvalue weighted by atomic mass is 35.5. The van der Waals surface area contributed by atoms with Gasteiger partial charge in [-0.2, -0.15) is 4.31 Å². The Labute approximate surface area is 161 Å². The Bertz CT molecular complexity index is 858. The number of carbonyl (C=O) groups excluding carboxylic acids is 3. The molecule has 11 heteroatoms. The van der Waals surface area contributed by atoms with E-state index in [4.69, 9.17) is 22.1 Å². The fourth-order valence-electron chi connectivity index (χ4n) is 2.72. The fourth-order valence-corrected chi connectivity index (χ4v) is 4.82. The lowest BCUT2D eigenvalue weighted by molar-refractivity contribution is -0.123. The van der Waals surface area contributed by atoms with Crippen molar-refractivity contribution < 1.29 is 27.5 Å². The standard InChI is InChI=1S/C16H20ClN3O6S/c1-10-3-2-6-20(8-10)27(24,25)13-7-11(4-5-12(13)17)15(22)26-9-14(21)19-16(18)23/h4-5,7,10H,2-3,6,8-9H2,1H3,(H3,18,19,21,23). The summed E-state index contributed by atoms with van der Waals surface area (Å²) >= 11 is 6.05. The van der Waals surface area contributed by atoms with E-state index in [-0.39, 0.29) is 21.4 Å². The van der Waals surface area contributed by atoms with Crippen LogP contribution < -0.4 is 11.1 Å². The number of benzene rings is 1. The van der Waals surface area contributed by atoms with Crippen LogP contribution in [0.1, 0.15) is 30.1 Å². The Kier molecular flexibility index (Phi) is 6.79. The number of nitrogens with two attached hydrogens (primary N) is 1. The van der Waals surface area contributed by atoms with E-state index in [1.165, 1.54) is 16.4 Å². The average Bonchev–Trinajstić information content (AvgIpc) is 2.59. The Balaban J connectivity index is 2.19. The molecule has 0 spiro atoms. The molecule has 0 radical (unpaired) electrons. The molecule has 0 saturated carbocycles. The number of ether oxygens (including phenoxy) is 1. The highest BCUT2D eigenvalue weighted by molar-refractivity contribution is 7.89. The van der Waals surface area contributed by atoms with Crippen molar-refractivity contribution in [3.8, 4) is 0 Å². The van der Waals surface area contributed by atoms with E-state index in [0.717, 1.165) is 18.9 Å². The molecule has 2 rings (SSSR count). The van der Waals surface area contributed by atoms with Crippen LogP contribution in [0.3, 0.4) is 0 Å². The van der Waals surface area contributed by atoms with Gasteiger partial charge in [0.25, 0.3) is 5.91 Å². The molecular weight excluding hydrogens is 398 g/mol. The van der Waals surface area contributed by atoms with Gasteiger partial charge < -0.3 is 10.5 Å². The molecule has 3 N–H and O–H groups in total. The third kappa shape index (κ3) is 5.41. The second-order valence-electron chi connectivity index (χ2n) is 6.24. The number of primary amides is 1. The minimum Gasteiger partial charge on any atom is -0.452 e. The number of hydrogen-bond acceptors (Lipinski definition) is 6. The second-order valence-corrected chi connectivity index (χ2v) is 8.56. The Morgan fingerprint density at radius 1 is 1.37 bits per heavy atom. The van der Waals surface area contributed by atoms with Gasteiger partial charge in [-0.1, -0.05) is 18.5 Å². The minimum atomic E-state index is -3.88. The number of nitrogens with one attached hydrogen (secondary N) is 1. The first-order valence-electron chi connectivity index (χ1n) is 8.17. The van der Waals surface area contributed by atoms with Gasteiger partial charge in [-0.25, -0.2) is 18.0 Å². The summed E-state index contributed by atoms with van der Waals surface area (Å²) in [6, 6.07) is 2.61. The molecule has 0 bridgehead atoms. The molecule has 0 aromatic heterocycles. The molecule has 1 aliphatic heterocycles. The van der Waals surface area contributed by atoms with Crippen molar-refractivity contribution in [2.75, 3.05) is 19.7 Å². The smallest absolute Gasteiger partial charge is 0.338 e. The zero-order chi connectivity index (χ0) is 20.2. The van der Waals surface area contributed by atoms with Gasteiger partial charge >= 0.3 is 12.0 Å². The minimum absolute atomic E-state index is 0.0174. The molecule has 1 aromatic rings. The summed E-state index contributed by atoms with van der Waals surface area (Å²) < 4.78 is 31.9. The van der Waals surface area contributed by atoms with Crippen molar-refractivity contribution in [2.45, 2.75) is 24.7 Å². The average molecular weight is 418 g/mol. The van der Waals surface area contributed by atoms with Crippen LogP contribution in [0.15, 0.2) is 23.1 Å². The molecule has 148 valence electrons. The van der Waals surface area contributed by atoms with Crippen LogP contribution in [0.2, 0.25) is 5.02 Å². The molecule has 0 aliphatic carbocycles. The maximum absolute atomic E-state index is 12.9. The number of carbonyl (C=O) groups is 3. The van der Waals surface area contributed by atoms with Crippen molar-refractivity contribution >= 4 is 39.5 Å². The zero-order valence-corrected chi connectivity index (χ0v) is 16.2. The van der Waals surface area contributed by atoms with E-state index >= 15 is 0 Å². The summed E-state index contributed by atoms with van der Waals surface area (Å²) in [5.74, 6) is -1.61. The van der Waals surface area contributed by atoms with E-state index in [0.29, 0.717) is 13.1 Å². The van der Waals surface area contributed by atoms with Gasteiger partial charge in [0, 0.05) is 13.1 Å². The summed E-state index contributed by atoms with van der Waals surface area (Å²) in [5, 5.41) is 1.72. The van der Waals surface area contributed by atoms with E-state index in [2.05, 4.69) is 0 Å². The van der Waals surface area contributed by atoms with Gasteiger partial charge in [-0.15, -0.1) is 0 Å².